The smallest absolute Gasteiger partial charge is 0.326 e. The van der Waals surface area contributed by atoms with Crippen molar-refractivity contribution in [3.63, 3.8) is 0 Å². The third kappa shape index (κ3) is 11.1. The van der Waals surface area contributed by atoms with E-state index in [1.807, 2.05) is 0 Å². The van der Waals surface area contributed by atoms with Gasteiger partial charge in [0.2, 0.25) is 17.7 Å². The lowest BCUT2D eigenvalue weighted by atomic mass is 10.1. The third-order valence-electron chi connectivity index (χ3n) is 3.76. The molecule has 0 heterocycles. The van der Waals surface area contributed by atoms with Crippen LogP contribution in [0.15, 0.2) is 0 Å². The third-order valence-corrected chi connectivity index (χ3v) is 3.76. The average molecular weight is 403 g/mol. The van der Waals surface area contributed by atoms with Gasteiger partial charge in [-0.25, -0.2) is 4.79 Å². The molecule has 0 bridgehead atoms. The second-order valence-electron chi connectivity index (χ2n) is 6.23. The lowest BCUT2D eigenvalue weighted by Crippen LogP contribution is -2.52. The van der Waals surface area contributed by atoms with Gasteiger partial charge in [0.15, 0.2) is 0 Å². The number of nitrogens with one attached hydrogen (secondary N) is 3. The summed E-state index contributed by atoms with van der Waals surface area (Å²) in [7, 11) is 0. The first-order valence-electron chi connectivity index (χ1n) is 8.86. The molecule has 9 N–H and O–H groups in total. The van der Waals surface area contributed by atoms with Crippen LogP contribution in [-0.2, 0) is 24.0 Å². The molecule has 12 heteroatoms. The highest BCUT2D eigenvalue weighted by atomic mass is 16.4. The summed E-state index contributed by atoms with van der Waals surface area (Å²) >= 11 is 0. The number of amides is 3. The first-order valence-corrected chi connectivity index (χ1v) is 8.86. The van der Waals surface area contributed by atoms with Crippen LogP contribution in [0.5, 0.6) is 0 Å². The van der Waals surface area contributed by atoms with Crippen molar-refractivity contribution >= 4 is 29.7 Å². The molecular weight excluding hydrogens is 374 g/mol. The van der Waals surface area contributed by atoms with Gasteiger partial charge in [0.1, 0.15) is 12.1 Å². The maximum absolute atomic E-state index is 11.9. The summed E-state index contributed by atoms with van der Waals surface area (Å²) in [5.74, 6) is -4.55. The first kappa shape index (κ1) is 25.3. The molecule has 0 radical (unpaired) electrons. The molecule has 28 heavy (non-hydrogen) atoms. The Balaban J connectivity index is 4.35. The molecule has 3 unspecified atom stereocenters. The van der Waals surface area contributed by atoms with Crippen LogP contribution in [0.1, 0.15) is 39.0 Å². The Kier molecular flexibility index (Phi) is 12.1. The molecule has 0 aromatic heterocycles. The number of carboxylic acid groups (broad SMARTS) is 2. The molecular formula is C16H29N5O7. The molecule has 12 nitrogen and oxygen atoms in total. The van der Waals surface area contributed by atoms with Crippen molar-refractivity contribution in [1.82, 2.24) is 16.0 Å². The minimum absolute atomic E-state index is 0.293. The summed E-state index contributed by atoms with van der Waals surface area (Å²) in [4.78, 5) is 57.1. The molecule has 3 atom stereocenters. The second kappa shape index (κ2) is 13.4. The van der Waals surface area contributed by atoms with E-state index < -0.39 is 60.8 Å². The van der Waals surface area contributed by atoms with Gasteiger partial charge in [0.25, 0.3) is 0 Å². The predicted octanol–water partition coefficient (Wildman–Crippen LogP) is -2.50. The fraction of sp³-hybridized carbons (Fsp3) is 0.688. The largest absolute Gasteiger partial charge is 0.481 e. The molecule has 0 saturated heterocycles. The van der Waals surface area contributed by atoms with Crippen LogP contribution >= 0.6 is 0 Å². The molecule has 3 amide bonds. The molecule has 160 valence electrons. The lowest BCUT2D eigenvalue weighted by molar-refractivity contribution is -0.143. The van der Waals surface area contributed by atoms with E-state index in [2.05, 4.69) is 16.0 Å². The van der Waals surface area contributed by atoms with Crippen molar-refractivity contribution in [2.75, 3.05) is 13.1 Å². The van der Waals surface area contributed by atoms with E-state index in [9.17, 15) is 24.0 Å². The zero-order valence-electron chi connectivity index (χ0n) is 15.8. The van der Waals surface area contributed by atoms with Crippen molar-refractivity contribution in [2.24, 2.45) is 11.5 Å². The summed E-state index contributed by atoms with van der Waals surface area (Å²) < 4.78 is 0. The average Bonchev–Trinajstić information content (AvgIpc) is 2.62. The van der Waals surface area contributed by atoms with E-state index in [4.69, 9.17) is 21.7 Å². The summed E-state index contributed by atoms with van der Waals surface area (Å²) in [5.41, 5.74) is 11.1. The highest BCUT2D eigenvalue weighted by molar-refractivity contribution is 5.92. The zero-order valence-corrected chi connectivity index (χ0v) is 15.8. The second-order valence-corrected chi connectivity index (χ2v) is 6.23. The quantitative estimate of drug-likeness (QED) is 0.152. The number of carboxylic acids is 2. The van der Waals surface area contributed by atoms with Crippen molar-refractivity contribution in [3.05, 3.63) is 0 Å². The molecule has 0 aliphatic rings. The van der Waals surface area contributed by atoms with Crippen molar-refractivity contribution in [2.45, 2.75) is 57.2 Å². The molecule has 0 rings (SSSR count). The highest BCUT2D eigenvalue weighted by Crippen LogP contribution is 1.99. The lowest BCUT2D eigenvalue weighted by Gasteiger charge is -2.18. The topological polar surface area (TPSA) is 214 Å². The van der Waals surface area contributed by atoms with Crippen LogP contribution in [-0.4, -0.2) is 71.1 Å². The summed E-state index contributed by atoms with van der Waals surface area (Å²) in [6.07, 6.45) is 1.11. The molecule has 0 fully saturated rings. The Bertz CT molecular complexity index is 570. The molecule has 0 aliphatic carbocycles. The van der Waals surface area contributed by atoms with Crippen LogP contribution in [0.25, 0.3) is 0 Å². The van der Waals surface area contributed by atoms with E-state index >= 15 is 0 Å². The van der Waals surface area contributed by atoms with Gasteiger partial charge in [0, 0.05) is 6.42 Å². The highest BCUT2D eigenvalue weighted by Gasteiger charge is 2.23. The van der Waals surface area contributed by atoms with Gasteiger partial charge in [-0.1, -0.05) is 6.42 Å². The summed E-state index contributed by atoms with van der Waals surface area (Å²) in [6, 6.07) is -3.12. The van der Waals surface area contributed by atoms with Crippen molar-refractivity contribution in [3.8, 4) is 0 Å². The fourth-order valence-corrected chi connectivity index (χ4v) is 2.12. The summed E-state index contributed by atoms with van der Waals surface area (Å²) in [5, 5.41) is 24.3. The number of unbranched alkanes of at least 4 members (excludes halogenated alkanes) is 1. The van der Waals surface area contributed by atoms with Crippen molar-refractivity contribution in [1.29, 1.82) is 0 Å². The van der Waals surface area contributed by atoms with E-state index in [0.717, 1.165) is 6.42 Å². The SMILES string of the molecule is CC(NC(=O)C(N)CCCCN)C(=O)NCC(=O)NC(CCC(=O)O)C(=O)O. The summed E-state index contributed by atoms with van der Waals surface area (Å²) in [6.45, 7) is 1.37. The number of aliphatic carboxylic acids is 2. The predicted molar refractivity (Wildman–Crippen MR) is 97.9 cm³/mol. The van der Waals surface area contributed by atoms with Gasteiger partial charge in [-0.3, -0.25) is 19.2 Å². The van der Waals surface area contributed by atoms with Crippen molar-refractivity contribution < 1.29 is 34.2 Å². The normalized spacial score (nSPS) is 13.7. The van der Waals surface area contributed by atoms with Gasteiger partial charge >= 0.3 is 11.9 Å². The molecule has 0 aromatic carbocycles. The maximum Gasteiger partial charge on any atom is 0.326 e. The number of nitrogens with two attached hydrogens (primary N) is 2. The van der Waals surface area contributed by atoms with Gasteiger partial charge < -0.3 is 37.6 Å². The van der Waals surface area contributed by atoms with E-state index in [1.54, 1.807) is 0 Å². The standard InChI is InChI=1S/C16H29N5O7/c1-9(20-15(26)10(18)4-2-3-7-17)14(25)19-8-12(22)21-11(16(27)28)5-6-13(23)24/h9-11H,2-8,17-18H2,1H3,(H,19,25)(H,20,26)(H,21,22)(H,23,24)(H,27,28). The molecule has 0 spiro atoms. The molecule has 0 aromatic rings. The number of hydrogen-bond donors (Lipinski definition) is 7. The Labute approximate surface area is 162 Å². The Morgan fingerprint density at radius 3 is 2.14 bits per heavy atom. The van der Waals surface area contributed by atoms with Crippen LogP contribution in [0, 0.1) is 0 Å². The monoisotopic (exact) mass is 403 g/mol. The van der Waals surface area contributed by atoms with E-state index in [0.29, 0.717) is 19.4 Å². The van der Waals surface area contributed by atoms with Gasteiger partial charge in [0.05, 0.1) is 12.6 Å². The van der Waals surface area contributed by atoms with Gasteiger partial charge in [-0.15, -0.1) is 0 Å². The van der Waals surface area contributed by atoms with E-state index in [-0.39, 0.29) is 6.42 Å². The number of carbonyl (C=O) groups excluding carboxylic acids is 3. The number of carbonyl (C=O) groups is 5. The van der Waals surface area contributed by atoms with Gasteiger partial charge in [-0.05, 0) is 32.7 Å². The minimum Gasteiger partial charge on any atom is -0.481 e. The number of rotatable bonds is 14. The van der Waals surface area contributed by atoms with E-state index in [1.165, 1.54) is 6.92 Å². The Hall–Kier alpha value is -2.73. The minimum atomic E-state index is -1.39. The number of hydrogen-bond acceptors (Lipinski definition) is 7. The van der Waals surface area contributed by atoms with Gasteiger partial charge in [-0.2, -0.15) is 0 Å². The molecule has 0 saturated carbocycles. The van der Waals surface area contributed by atoms with Crippen LogP contribution < -0.4 is 27.4 Å². The van der Waals surface area contributed by atoms with Crippen LogP contribution in [0.4, 0.5) is 0 Å². The molecule has 0 aliphatic heterocycles. The zero-order chi connectivity index (χ0) is 21.7. The maximum atomic E-state index is 11.9. The fourth-order valence-electron chi connectivity index (χ4n) is 2.12. The Morgan fingerprint density at radius 1 is 0.964 bits per heavy atom. The van der Waals surface area contributed by atoms with Crippen LogP contribution in [0.2, 0.25) is 0 Å². The van der Waals surface area contributed by atoms with Crippen LogP contribution in [0.3, 0.4) is 0 Å². The first-order chi connectivity index (χ1) is 13.1. The Morgan fingerprint density at radius 2 is 1.61 bits per heavy atom.